The lowest BCUT2D eigenvalue weighted by molar-refractivity contribution is -0.303. The van der Waals surface area contributed by atoms with Crippen molar-refractivity contribution in [2.45, 2.75) is 0 Å². The van der Waals surface area contributed by atoms with Gasteiger partial charge in [-0.3, -0.25) is 0 Å². The third-order valence-electron chi connectivity index (χ3n) is 0.590. The lowest BCUT2D eigenvalue weighted by Crippen LogP contribution is -2.15. The molecule has 0 saturated heterocycles. The number of hydrogen-bond acceptors (Lipinski definition) is 2. The summed E-state index contributed by atoms with van der Waals surface area (Å²) in [5, 5.41) is 17.8. The Kier molecular flexibility index (Phi) is 2.81. The zero-order chi connectivity index (χ0) is 7.44. The number of hydrogen-bond donors (Lipinski definition) is 1. The Morgan fingerprint density at radius 2 is 2.22 bits per heavy atom. The average Bonchev–Trinajstić information content (AvgIpc) is 1.84. The number of carboxylic acid groups (broad SMARTS) is 1. The van der Waals surface area contributed by atoms with Crippen LogP contribution in [0.1, 0.15) is 0 Å². The quantitative estimate of drug-likeness (QED) is 0.342. The molecule has 0 aliphatic rings. The van der Waals surface area contributed by atoms with Gasteiger partial charge in [-0.05, 0) is 5.76 Å². The zero-order valence-electron chi connectivity index (χ0n) is 4.43. The molecule has 0 saturated carbocycles. The molecule has 0 radical (unpaired) electrons. The van der Waals surface area contributed by atoms with Gasteiger partial charge in [0.05, 0.1) is 0 Å². The van der Waals surface area contributed by atoms with Crippen molar-refractivity contribution in [3.8, 4) is 0 Å². The van der Waals surface area contributed by atoms with E-state index in [0.29, 0.717) is 0 Å². The van der Waals surface area contributed by atoms with Crippen LogP contribution >= 0.6 is 11.6 Å². The van der Waals surface area contributed by atoms with E-state index in [1.54, 1.807) is 0 Å². The first-order valence-electron chi connectivity index (χ1n) is 2.02. The largest absolute Gasteiger partial charge is 0.867 e. The van der Waals surface area contributed by atoms with Gasteiger partial charge in [0.25, 0.3) is 0 Å². The molecule has 0 aromatic rings. The molecular weight excluding hydrogens is 144 g/mol. The van der Waals surface area contributed by atoms with Crippen LogP contribution in [0.5, 0.6) is 0 Å². The van der Waals surface area contributed by atoms with E-state index in [1.807, 2.05) is 0 Å². The topological polar surface area (TPSA) is 60.4 Å². The van der Waals surface area contributed by atoms with Gasteiger partial charge >= 0.3 is 5.97 Å². The third-order valence-corrected chi connectivity index (χ3v) is 0.916. The van der Waals surface area contributed by atoms with Gasteiger partial charge < -0.3 is 10.2 Å². The maximum absolute atomic E-state index is 10.2. The van der Waals surface area contributed by atoms with Crippen LogP contribution in [0.2, 0.25) is 0 Å². The minimum absolute atomic E-state index is 0.373. The molecule has 50 valence electrons. The number of carboxylic acids is 1. The van der Waals surface area contributed by atoms with Crippen molar-refractivity contribution >= 4 is 17.6 Å². The molecule has 0 unspecified atom stereocenters. The molecule has 0 atom stereocenters. The van der Waals surface area contributed by atoms with Crippen molar-refractivity contribution in [3.05, 3.63) is 23.4 Å². The molecule has 0 heterocycles. The summed E-state index contributed by atoms with van der Waals surface area (Å²) >= 11 is 5.08. The second kappa shape index (κ2) is 3.14. The predicted octanol–water partition coefficient (Wildman–Crippen LogP) is 0.0677. The molecule has 3 nitrogen and oxygen atoms in total. The lowest BCUT2D eigenvalue weighted by Gasteiger charge is -2.04. The monoisotopic (exact) mass is 147 g/mol. The molecule has 0 spiro atoms. The van der Waals surface area contributed by atoms with Crippen molar-refractivity contribution in [2.24, 2.45) is 0 Å². The van der Waals surface area contributed by atoms with E-state index in [2.05, 4.69) is 6.58 Å². The molecule has 0 aromatic heterocycles. The Hall–Kier alpha value is -0.960. The molecule has 1 N–H and O–H groups in total. The first-order valence-corrected chi connectivity index (χ1v) is 2.40. The van der Waals surface area contributed by atoms with E-state index in [9.17, 15) is 9.90 Å². The number of allylic oxidation sites excluding steroid dienone is 2. The van der Waals surface area contributed by atoms with E-state index in [1.165, 1.54) is 0 Å². The highest BCUT2D eigenvalue weighted by molar-refractivity contribution is 6.32. The Morgan fingerprint density at radius 3 is 2.33 bits per heavy atom. The minimum atomic E-state index is -1.57. The highest BCUT2D eigenvalue weighted by Gasteiger charge is 1.95. The molecule has 0 amide bonds. The van der Waals surface area contributed by atoms with E-state index in [4.69, 9.17) is 16.7 Å². The SMILES string of the molecule is C=C/C(Cl)=C(/[O-])C(=O)O. The van der Waals surface area contributed by atoms with Crippen LogP contribution in [0, 0.1) is 0 Å². The highest BCUT2D eigenvalue weighted by Crippen LogP contribution is 2.04. The first-order chi connectivity index (χ1) is 4.09. The average molecular weight is 148 g/mol. The summed E-state index contributed by atoms with van der Waals surface area (Å²) in [4.78, 5) is 9.80. The number of halogens is 1. The van der Waals surface area contributed by atoms with Crippen molar-refractivity contribution in [3.63, 3.8) is 0 Å². The van der Waals surface area contributed by atoms with Crippen molar-refractivity contribution in [1.29, 1.82) is 0 Å². The van der Waals surface area contributed by atoms with Gasteiger partial charge in [-0.25, -0.2) is 4.79 Å². The van der Waals surface area contributed by atoms with Crippen molar-refractivity contribution in [1.82, 2.24) is 0 Å². The molecule has 0 rings (SSSR count). The smallest absolute Gasteiger partial charge is 0.321 e. The number of rotatable bonds is 2. The molecule has 9 heavy (non-hydrogen) atoms. The summed E-state index contributed by atoms with van der Waals surface area (Å²) in [6.45, 7) is 3.11. The Balaban J connectivity index is 4.47. The molecule has 0 aliphatic heterocycles. The van der Waals surface area contributed by atoms with Gasteiger partial charge in [0, 0.05) is 5.03 Å². The van der Waals surface area contributed by atoms with E-state index in [-0.39, 0.29) is 5.03 Å². The van der Waals surface area contributed by atoms with E-state index in [0.717, 1.165) is 6.08 Å². The van der Waals surface area contributed by atoms with Crippen molar-refractivity contribution < 1.29 is 15.0 Å². The van der Waals surface area contributed by atoms with Gasteiger partial charge in [0.15, 0.2) is 0 Å². The van der Waals surface area contributed by atoms with Crippen LogP contribution in [0.25, 0.3) is 0 Å². The van der Waals surface area contributed by atoms with Gasteiger partial charge in [0.2, 0.25) is 0 Å². The fourth-order valence-electron chi connectivity index (χ4n) is 0.195. The van der Waals surface area contributed by atoms with Crippen molar-refractivity contribution in [2.75, 3.05) is 0 Å². The summed E-state index contributed by atoms with van der Waals surface area (Å²) in [7, 11) is 0. The molecular formula is C5H4ClO3-. The number of carbonyl (C=O) groups is 1. The summed E-state index contributed by atoms with van der Waals surface area (Å²) in [6.07, 6.45) is 0.984. The fourth-order valence-corrected chi connectivity index (χ4v) is 0.276. The zero-order valence-corrected chi connectivity index (χ0v) is 5.18. The van der Waals surface area contributed by atoms with Gasteiger partial charge in [-0.1, -0.05) is 24.3 Å². The highest BCUT2D eigenvalue weighted by atomic mass is 35.5. The van der Waals surface area contributed by atoms with E-state index >= 15 is 0 Å². The first kappa shape index (κ1) is 8.04. The van der Waals surface area contributed by atoms with Gasteiger partial charge in [-0.2, -0.15) is 0 Å². The predicted molar refractivity (Wildman–Crippen MR) is 30.7 cm³/mol. The Bertz CT molecular complexity index is 171. The van der Waals surface area contributed by atoms with E-state index < -0.39 is 11.7 Å². The van der Waals surface area contributed by atoms with Gasteiger partial charge in [0.1, 0.15) is 0 Å². The maximum Gasteiger partial charge on any atom is 0.321 e. The Labute approximate surface area is 56.9 Å². The summed E-state index contributed by atoms with van der Waals surface area (Å²) in [5.74, 6) is -2.70. The number of aliphatic carboxylic acids is 1. The van der Waals surface area contributed by atoms with Crippen LogP contribution in [0.4, 0.5) is 0 Å². The van der Waals surface area contributed by atoms with Crippen LogP contribution in [0.15, 0.2) is 23.4 Å². The van der Waals surface area contributed by atoms with Crippen LogP contribution < -0.4 is 5.11 Å². The second-order valence-corrected chi connectivity index (χ2v) is 1.59. The third kappa shape index (κ3) is 2.19. The molecule has 0 aliphatic carbocycles. The summed E-state index contributed by atoms with van der Waals surface area (Å²) in [5.41, 5.74) is 0. The molecule has 0 fully saturated rings. The molecule has 0 bridgehead atoms. The fraction of sp³-hybridized carbons (Fsp3) is 0. The standard InChI is InChI=1S/C5H5ClO3/c1-2-3(6)4(7)5(8)9/h2,7H,1H2,(H,8,9)/p-1/b4-3-. The van der Waals surface area contributed by atoms with Crippen LogP contribution in [0.3, 0.4) is 0 Å². The molecule has 0 aromatic carbocycles. The minimum Gasteiger partial charge on any atom is -0.867 e. The summed E-state index contributed by atoms with van der Waals surface area (Å²) in [6, 6.07) is 0. The Morgan fingerprint density at radius 1 is 1.78 bits per heavy atom. The van der Waals surface area contributed by atoms with Gasteiger partial charge in [-0.15, -0.1) is 0 Å². The van der Waals surface area contributed by atoms with Crippen LogP contribution in [-0.2, 0) is 4.79 Å². The second-order valence-electron chi connectivity index (χ2n) is 1.19. The normalized spacial score (nSPS) is 12.1. The molecule has 4 heteroatoms. The van der Waals surface area contributed by atoms with Crippen LogP contribution in [-0.4, -0.2) is 11.1 Å². The maximum atomic E-state index is 10.2. The lowest BCUT2D eigenvalue weighted by atomic mass is 10.4. The summed E-state index contributed by atoms with van der Waals surface area (Å²) < 4.78 is 0.